The number of nitrogen functional groups attached to an aromatic ring is 1. The van der Waals surface area contributed by atoms with E-state index in [-0.39, 0.29) is 5.91 Å². The highest BCUT2D eigenvalue weighted by Crippen LogP contribution is 2.28. The quantitative estimate of drug-likeness (QED) is 0.820. The van der Waals surface area contributed by atoms with E-state index >= 15 is 0 Å². The summed E-state index contributed by atoms with van der Waals surface area (Å²) < 4.78 is 0. The molecule has 2 atom stereocenters. The number of amides is 1. The van der Waals surface area contributed by atoms with Crippen molar-refractivity contribution in [1.29, 1.82) is 0 Å². The number of nitrogens with one attached hydrogen (secondary N) is 1. The van der Waals surface area contributed by atoms with Gasteiger partial charge in [-0.15, -0.1) is 0 Å². The van der Waals surface area contributed by atoms with E-state index in [1.165, 1.54) is 25.7 Å². The molecule has 1 aromatic rings. The van der Waals surface area contributed by atoms with Crippen molar-refractivity contribution in [2.75, 3.05) is 12.3 Å². The molecule has 2 rings (SSSR count). The zero-order valence-corrected chi connectivity index (χ0v) is 11.9. The number of hydrogen-bond donors (Lipinski definition) is 2. The van der Waals surface area contributed by atoms with Crippen molar-refractivity contribution >= 4 is 11.6 Å². The molecule has 1 aliphatic rings. The monoisotopic (exact) mass is 260 g/mol. The molecule has 0 aromatic heterocycles. The minimum absolute atomic E-state index is 0.0422. The van der Waals surface area contributed by atoms with E-state index in [1.54, 1.807) is 6.07 Å². The van der Waals surface area contributed by atoms with Gasteiger partial charge in [-0.05, 0) is 43.2 Å². The van der Waals surface area contributed by atoms with Crippen LogP contribution in [0.4, 0.5) is 5.69 Å². The Morgan fingerprint density at radius 1 is 1.42 bits per heavy atom. The van der Waals surface area contributed by atoms with Crippen LogP contribution in [-0.4, -0.2) is 12.5 Å². The Kier molecular flexibility index (Phi) is 4.46. The minimum atomic E-state index is -0.0422. The van der Waals surface area contributed by atoms with Crippen molar-refractivity contribution in [1.82, 2.24) is 5.32 Å². The van der Waals surface area contributed by atoms with Gasteiger partial charge in [0.25, 0.3) is 5.91 Å². The average Bonchev–Trinajstić information content (AvgIpc) is 2.39. The molecule has 0 radical (unpaired) electrons. The number of aryl methyl sites for hydroxylation is 1. The van der Waals surface area contributed by atoms with E-state index in [0.29, 0.717) is 17.2 Å². The van der Waals surface area contributed by atoms with Crippen molar-refractivity contribution in [2.24, 2.45) is 11.8 Å². The summed E-state index contributed by atoms with van der Waals surface area (Å²) >= 11 is 0. The number of benzene rings is 1. The van der Waals surface area contributed by atoms with Gasteiger partial charge in [0, 0.05) is 12.2 Å². The SMILES string of the molecule is Cc1cccc(C(=O)NCC2CCCC(C)C2)c1N. The van der Waals surface area contributed by atoms with Gasteiger partial charge in [0.15, 0.2) is 0 Å². The summed E-state index contributed by atoms with van der Waals surface area (Å²) in [6.07, 6.45) is 5.07. The Balaban J connectivity index is 1.92. The molecule has 19 heavy (non-hydrogen) atoms. The molecule has 1 amide bonds. The van der Waals surface area contributed by atoms with Crippen LogP contribution in [0.15, 0.2) is 18.2 Å². The largest absolute Gasteiger partial charge is 0.398 e. The zero-order valence-electron chi connectivity index (χ0n) is 11.9. The number of anilines is 1. The lowest BCUT2D eigenvalue weighted by Crippen LogP contribution is -2.32. The van der Waals surface area contributed by atoms with E-state index < -0.39 is 0 Å². The highest BCUT2D eigenvalue weighted by atomic mass is 16.1. The lowest BCUT2D eigenvalue weighted by atomic mass is 9.82. The Bertz CT molecular complexity index is 456. The van der Waals surface area contributed by atoms with Gasteiger partial charge >= 0.3 is 0 Å². The highest BCUT2D eigenvalue weighted by molar-refractivity contribution is 5.99. The van der Waals surface area contributed by atoms with E-state index in [9.17, 15) is 4.79 Å². The fraction of sp³-hybridized carbons (Fsp3) is 0.562. The number of hydrogen-bond acceptors (Lipinski definition) is 2. The number of rotatable bonds is 3. The summed E-state index contributed by atoms with van der Waals surface area (Å²) in [5.41, 5.74) is 8.11. The van der Waals surface area contributed by atoms with Crippen LogP contribution in [0.2, 0.25) is 0 Å². The predicted octanol–water partition coefficient (Wildman–Crippen LogP) is 3.13. The van der Waals surface area contributed by atoms with Gasteiger partial charge in [-0.25, -0.2) is 0 Å². The van der Waals surface area contributed by atoms with Crippen LogP contribution in [0.5, 0.6) is 0 Å². The van der Waals surface area contributed by atoms with E-state index in [0.717, 1.165) is 18.0 Å². The minimum Gasteiger partial charge on any atom is -0.398 e. The van der Waals surface area contributed by atoms with Gasteiger partial charge < -0.3 is 11.1 Å². The first kappa shape index (κ1) is 13.9. The maximum atomic E-state index is 12.2. The molecule has 1 aromatic carbocycles. The molecule has 0 spiro atoms. The van der Waals surface area contributed by atoms with E-state index in [4.69, 9.17) is 5.73 Å². The second kappa shape index (κ2) is 6.09. The summed E-state index contributed by atoms with van der Waals surface area (Å²) in [6.45, 7) is 5.00. The molecule has 1 saturated carbocycles. The van der Waals surface area contributed by atoms with Crippen LogP contribution < -0.4 is 11.1 Å². The highest BCUT2D eigenvalue weighted by Gasteiger charge is 2.20. The molecule has 0 aliphatic heterocycles. The zero-order chi connectivity index (χ0) is 13.8. The topological polar surface area (TPSA) is 55.1 Å². The predicted molar refractivity (Wildman–Crippen MR) is 79.0 cm³/mol. The molecule has 2 unspecified atom stereocenters. The van der Waals surface area contributed by atoms with E-state index in [1.807, 2.05) is 19.1 Å². The van der Waals surface area contributed by atoms with Gasteiger partial charge in [0.2, 0.25) is 0 Å². The molecule has 1 fully saturated rings. The van der Waals surface area contributed by atoms with Crippen LogP contribution in [0, 0.1) is 18.8 Å². The second-order valence-corrected chi connectivity index (χ2v) is 5.88. The molecular formula is C16H24N2O. The van der Waals surface area contributed by atoms with Gasteiger partial charge in [-0.1, -0.05) is 31.9 Å². The van der Waals surface area contributed by atoms with Crippen molar-refractivity contribution < 1.29 is 4.79 Å². The fourth-order valence-corrected chi connectivity index (χ4v) is 2.96. The standard InChI is InChI=1S/C16H24N2O/c1-11-5-3-7-13(9-11)10-18-16(19)14-8-4-6-12(2)15(14)17/h4,6,8,11,13H,3,5,7,9-10,17H2,1-2H3,(H,18,19). The molecule has 0 saturated heterocycles. The summed E-state index contributed by atoms with van der Waals surface area (Å²) in [5, 5.41) is 3.04. The van der Waals surface area contributed by atoms with Crippen LogP contribution in [0.3, 0.4) is 0 Å². The first-order valence-electron chi connectivity index (χ1n) is 7.21. The maximum Gasteiger partial charge on any atom is 0.253 e. The van der Waals surface area contributed by atoms with Crippen LogP contribution in [-0.2, 0) is 0 Å². The Labute approximate surface area is 115 Å². The molecule has 0 heterocycles. The second-order valence-electron chi connectivity index (χ2n) is 5.88. The van der Waals surface area contributed by atoms with Crippen LogP contribution in [0.25, 0.3) is 0 Å². The molecule has 3 nitrogen and oxygen atoms in total. The van der Waals surface area contributed by atoms with Crippen molar-refractivity contribution in [2.45, 2.75) is 39.5 Å². The van der Waals surface area contributed by atoms with Crippen molar-refractivity contribution in [3.8, 4) is 0 Å². The van der Waals surface area contributed by atoms with Crippen LogP contribution >= 0.6 is 0 Å². The summed E-state index contributed by atoms with van der Waals surface area (Å²) in [4.78, 5) is 12.2. The smallest absolute Gasteiger partial charge is 0.253 e. The average molecular weight is 260 g/mol. The number of carbonyl (C=O) groups is 1. The Hall–Kier alpha value is -1.51. The first-order valence-corrected chi connectivity index (χ1v) is 7.21. The van der Waals surface area contributed by atoms with Gasteiger partial charge in [0.1, 0.15) is 0 Å². The molecule has 0 bridgehead atoms. The number of para-hydroxylation sites is 1. The lowest BCUT2D eigenvalue weighted by molar-refractivity contribution is 0.0941. The molecular weight excluding hydrogens is 236 g/mol. The molecule has 104 valence electrons. The van der Waals surface area contributed by atoms with Crippen LogP contribution in [0.1, 0.15) is 48.5 Å². The van der Waals surface area contributed by atoms with Gasteiger partial charge in [-0.3, -0.25) is 4.79 Å². The van der Waals surface area contributed by atoms with Crippen molar-refractivity contribution in [3.05, 3.63) is 29.3 Å². The third kappa shape index (κ3) is 3.49. The lowest BCUT2D eigenvalue weighted by Gasteiger charge is -2.26. The molecule has 1 aliphatic carbocycles. The fourth-order valence-electron chi connectivity index (χ4n) is 2.96. The third-order valence-electron chi connectivity index (χ3n) is 4.17. The molecule has 3 heteroatoms. The number of nitrogens with two attached hydrogens (primary N) is 1. The maximum absolute atomic E-state index is 12.2. The normalized spacial score (nSPS) is 23.1. The molecule has 3 N–H and O–H groups in total. The Morgan fingerprint density at radius 2 is 2.21 bits per heavy atom. The summed E-state index contributed by atoms with van der Waals surface area (Å²) in [7, 11) is 0. The third-order valence-corrected chi connectivity index (χ3v) is 4.17. The van der Waals surface area contributed by atoms with E-state index in [2.05, 4.69) is 12.2 Å². The van der Waals surface area contributed by atoms with Gasteiger partial charge in [0.05, 0.1) is 5.56 Å². The first-order chi connectivity index (χ1) is 9.08. The summed E-state index contributed by atoms with van der Waals surface area (Å²) in [6, 6.07) is 5.60. The summed E-state index contributed by atoms with van der Waals surface area (Å²) in [5.74, 6) is 1.37. The number of carbonyl (C=O) groups excluding carboxylic acids is 1. The van der Waals surface area contributed by atoms with Crippen molar-refractivity contribution in [3.63, 3.8) is 0 Å². The van der Waals surface area contributed by atoms with Gasteiger partial charge in [-0.2, -0.15) is 0 Å². The Morgan fingerprint density at radius 3 is 2.95 bits per heavy atom.